The number of hydrogen-bond donors (Lipinski definition) is 3. The van der Waals surface area contributed by atoms with E-state index in [1.54, 1.807) is 26.2 Å². The third-order valence-electron chi connectivity index (χ3n) is 5.55. The van der Waals surface area contributed by atoms with Gasteiger partial charge in [-0.3, -0.25) is 4.68 Å². The number of nitrogens with zero attached hydrogens (tertiary/aromatic N) is 4. The van der Waals surface area contributed by atoms with Crippen LogP contribution in [0.2, 0.25) is 0 Å². The van der Waals surface area contributed by atoms with Crippen LogP contribution in [0.3, 0.4) is 0 Å². The number of rotatable bonds is 5. The second-order valence-electron chi connectivity index (χ2n) is 8.68. The number of amides is 1. The van der Waals surface area contributed by atoms with Crippen molar-refractivity contribution in [1.82, 2.24) is 30.0 Å². The lowest BCUT2D eigenvalue weighted by Crippen LogP contribution is -2.47. The van der Waals surface area contributed by atoms with E-state index in [-0.39, 0.29) is 12.4 Å². The van der Waals surface area contributed by atoms with Crippen molar-refractivity contribution in [3.63, 3.8) is 0 Å². The van der Waals surface area contributed by atoms with Crippen LogP contribution in [0.1, 0.15) is 38.2 Å². The molecule has 3 aromatic heterocycles. The summed E-state index contributed by atoms with van der Waals surface area (Å²) in [6.45, 7) is 3.18. The third-order valence-corrected chi connectivity index (χ3v) is 5.55. The highest BCUT2D eigenvalue weighted by atomic mass is 16.6. The average molecular weight is 420 g/mol. The number of benzene rings is 1. The molecular formula is C22H24N6O3. The molecule has 1 amide bonds. The molecule has 1 aliphatic rings. The van der Waals surface area contributed by atoms with Crippen LogP contribution in [0.5, 0.6) is 5.75 Å². The molecule has 9 nitrogen and oxygen atoms in total. The Labute approximate surface area is 178 Å². The van der Waals surface area contributed by atoms with Gasteiger partial charge in [0.25, 0.3) is 0 Å². The summed E-state index contributed by atoms with van der Waals surface area (Å²) in [5, 5.41) is 17.7. The lowest BCUT2D eigenvalue weighted by molar-refractivity contribution is 0.159. The molecule has 5 rings (SSSR count). The maximum Gasteiger partial charge on any atom is 0.413 e. The van der Waals surface area contributed by atoms with Crippen LogP contribution < -0.4 is 10.1 Å². The minimum Gasteiger partial charge on any atom is -0.406 e. The van der Waals surface area contributed by atoms with Crippen LogP contribution in [-0.2, 0) is 7.05 Å². The number of H-pyrrole nitrogens is 1. The molecule has 9 heteroatoms. The highest BCUT2D eigenvalue weighted by molar-refractivity contribution is 5.94. The summed E-state index contributed by atoms with van der Waals surface area (Å²) in [5.74, 6) is 0.895. The van der Waals surface area contributed by atoms with Crippen LogP contribution in [0, 0.1) is 0 Å². The molecule has 0 aliphatic heterocycles. The monoisotopic (exact) mass is 420 g/mol. The summed E-state index contributed by atoms with van der Waals surface area (Å²) in [6, 6.07) is 6.47. The molecular weight excluding hydrogens is 396 g/mol. The van der Waals surface area contributed by atoms with E-state index in [0.717, 1.165) is 16.6 Å². The number of aliphatic hydroxyl groups excluding tert-OH is 1. The summed E-state index contributed by atoms with van der Waals surface area (Å²) < 4.78 is 7.27. The predicted molar refractivity (Wildman–Crippen MR) is 116 cm³/mol. The van der Waals surface area contributed by atoms with Gasteiger partial charge in [-0.2, -0.15) is 5.10 Å². The molecule has 0 spiro atoms. The number of carbonyl (C=O) groups excluding carboxylic acids is 1. The average Bonchev–Trinajstić information content (AvgIpc) is 3.45. The SMILES string of the molecule is Cn1nc(-c2cnc3[nH]cc(OC(=O)NC(C)(C)CO)c3n2)c2cc(C3CC3)ccc21. The molecule has 3 heterocycles. The Morgan fingerprint density at radius 3 is 2.94 bits per heavy atom. The Hall–Kier alpha value is -3.46. The van der Waals surface area contributed by atoms with Crippen LogP contribution >= 0.6 is 0 Å². The van der Waals surface area contributed by atoms with Crippen molar-refractivity contribution in [1.29, 1.82) is 0 Å². The van der Waals surface area contributed by atoms with Gasteiger partial charge in [0.1, 0.15) is 11.4 Å². The first-order valence-electron chi connectivity index (χ1n) is 10.3. The molecule has 0 unspecified atom stereocenters. The number of nitrogens with one attached hydrogen (secondary N) is 2. The molecule has 1 aromatic carbocycles. The summed E-state index contributed by atoms with van der Waals surface area (Å²) in [5.41, 5.74) is 3.84. The fraction of sp³-hybridized carbons (Fsp3) is 0.364. The van der Waals surface area contributed by atoms with E-state index < -0.39 is 11.6 Å². The van der Waals surface area contributed by atoms with Gasteiger partial charge in [0.2, 0.25) is 0 Å². The summed E-state index contributed by atoms with van der Waals surface area (Å²) in [6.07, 6.45) is 4.99. The minimum atomic E-state index is -0.799. The Balaban J connectivity index is 1.52. The number of aromatic nitrogens is 5. The number of aliphatic hydroxyl groups is 1. The van der Waals surface area contributed by atoms with Crippen LogP contribution in [0.15, 0.2) is 30.6 Å². The van der Waals surface area contributed by atoms with E-state index in [1.807, 2.05) is 11.7 Å². The van der Waals surface area contributed by atoms with Gasteiger partial charge < -0.3 is 20.1 Å². The second-order valence-corrected chi connectivity index (χ2v) is 8.68. The molecule has 0 radical (unpaired) electrons. The van der Waals surface area contributed by atoms with Gasteiger partial charge in [-0.1, -0.05) is 6.07 Å². The van der Waals surface area contributed by atoms with Crippen molar-refractivity contribution in [2.24, 2.45) is 7.05 Å². The van der Waals surface area contributed by atoms with Crippen molar-refractivity contribution < 1.29 is 14.6 Å². The first kappa shape index (κ1) is 19.5. The number of fused-ring (bicyclic) bond motifs is 2. The summed E-state index contributed by atoms with van der Waals surface area (Å²) in [4.78, 5) is 24.4. The van der Waals surface area contributed by atoms with E-state index in [2.05, 4.69) is 38.6 Å². The van der Waals surface area contributed by atoms with Gasteiger partial charge in [-0.25, -0.2) is 14.8 Å². The van der Waals surface area contributed by atoms with Gasteiger partial charge in [0, 0.05) is 18.6 Å². The number of hydrogen-bond acceptors (Lipinski definition) is 6. The highest BCUT2D eigenvalue weighted by Gasteiger charge is 2.25. The Morgan fingerprint density at radius 2 is 2.19 bits per heavy atom. The summed E-state index contributed by atoms with van der Waals surface area (Å²) >= 11 is 0. The predicted octanol–water partition coefficient (Wildman–Crippen LogP) is 3.25. The van der Waals surface area contributed by atoms with Crippen LogP contribution in [0.4, 0.5) is 4.79 Å². The molecule has 0 bridgehead atoms. The normalized spacial score (nSPS) is 14.3. The van der Waals surface area contributed by atoms with Crippen molar-refractivity contribution in [3.05, 3.63) is 36.2 Å². The van der Waals surface area contributed by atoms with Gasteiger partial charge in [-0.15, -0.1) is 0 Å². The smallest absolute Gasteiger partial charge is 0.406 e. The van der Waals surface area contributed by atoms with E-state index in [0.29, 0.717) is 22.8 Å². The van der Waals surface area contributed by atoms with E-state index in [9.17, 15) is 9.90 Å². The zero-order valence-electron chi connectivity index (χ0n) is 17.6. The lowest BCUT2D eigenvalue weighted by atomic mass is 10.1. The van der Waals surface area contributed by atoms with Crippen molar-refractivity contribution >= 4 is 28.2 Å². The van der Waals surface area contributed by atoms with Crippen molar-refractivity contribution in [2.75, 3.05) is 6.61 Å². The molecule has 1 fully saturated rings. The fourth-order valence-electron chi connectivity index (χ4n) is 3.64. The van der Waals surface area contributed by atoms with Gasteiger partial charge >= 0.3 is 6.09 Å². The molecule has 31 heavy (non-hydrogen) atoms. The summed E-state index contributed by atoms with van der Waals surface area (Å²) in [7, 11) is 1.91. The first-order valence-corrected chi connectivity index (χ1v) is 10.3. The zero-order chi connectivity index (χ0) is 21.8. The Kier molecular flexibility index (Phi) is 4.44. The molecule has 160 valence electrons. The molecule has 3 N–H and O–H groups in total. The minimum absolute atomic E-state index is 0.213. The highest BCUT2D eigenvalue weighted by Crippen LogP contribution is 2.42. The van der Waals surface area contributed by atoms with E-state index in [4.69, 9.17) is 9.72 Å². The lowest BCUT2D eigenvalue weighted by Gasteiger charge is -2.22. The number of aryl methyl sites for hydroxylation is 1. The van der Waals surface area contributed by atoms with Crippen LogP contribution in [-0.4, -0.2) is 48.1 Å². The van der Waals surface area contributed by atoms with E-state index >= 15 is 0 Å². The number of ether oxygens (including phenoxy) is 1. The third kappa shape index (κ3) is 3.61. The molecule has 0 atom stereocenters. The second kappa shape index (κ2) is 7.05. The maximum absolute atomic E-state index is 12.2. The Morgan fingerprint density at radius 1 is 1.39 bits per heavy atom. The van der Waals surface area contributed by atoms with Crippen molar-refractivity contribution in [3.8, 4) is 17.1 Å². The van der Waals surface area contributed by atoms with Crippen LogP contribution in [0.25, 0.3) is 33.5 Å². The molecule has 1 aliphatic carbocycles. The molecule has 0 saturated heterocycles. The fourth-order valence-corrected chi connectivity index (χ4v) is 3.64. The Bertz CT molecular complexity index is 1300. The first-order chi connectivity index (χ1) is 14.8. The molecule has 1 saturated carbocycles. The molecule has 4 aromatic rings. The standard InChI is InChI=1S/C22H24N6O3/c1-22(2,11-29)26-21(30)31-17-10-24-20-19(17)25-15(9-23-20)18-14-8-13(12-4-5-12)6-7-16(14)28(3)27-18/h6-10,12,29H,4-5,11H2,1-3H3,(H,23,24)(H,26,30). The number of aromatic amines is 1. The maximum atomic E-state index is 12.2. The number of carbonyl (C=O) groups is 1. The zero-order valence-corrected chi connectivity index (χ0v) is 17.6. The van der Waals surface area contributed by atoms with Gasteiger partial charge in [0.05, 0.1) is 23.9 Å². The van der Waals surface area contributed by atoms with E-state index in [1.165, 1.54) is 18.4 Å². The quantitative estimate of drug-likeness (QED) is 0.456. The topological polar surface area (TPSA) is 118 Å². The van der Waals surface area contributed by atoms with Gasteiger partial charge in [-0.05, 0) is 50.3 Å². The van der Waals surface area contributed by atoms with Gasteiger partial charge in [0.15, 0.2) is 16.9 Å². The van der Waals surface area contributed by atoms with Crippen molar-refractivity contribution in [2.45, 2.75) is 38.1 Å². The largest absolute Gasteiger partial charge is 0.413 e.